The van der Waals surface area contributed by atoms with Gasteiger partial charge in [0.15, 0.2) is 0 Å². The number of thiol groups is 1. The third-order valence-corrected chi connectivity index (χ3v) is 8.80. The molecule has 188 valence electrons. The number of carbonyl (C=O) groups excluding carboxylic acids is 1. The van der Waals surface area contributed by atoms with Crippen molar-refractivity contribution in [3.8, 4) is 5.75 Å². The maximum Gasteiger partial charge on any atom is 0.220 e. The molecule has 1 saturated heterocycles. The van der Waals surface area contributed by atoms with Crippen molar-refractivity contribution in [2.75, 3.05) is 31.8 Å². The molecule has 8 heteroatoms. The van der Waals surface area contributed by atoms with Crippen LogP contribution >= 0.6 is 10.9 Å². The van der Waals surface area contributed by atoms with Crippen LogP contribution in [-0.4, -0.2) is 76.4 Å². The lowest BCUT2D eigenvalue weighted by Gasteiger charge is -2.42. The smallest absolute Gasteiger partial charge is 0.220 e. The van der Waals surface area contributed by atoms with Crippen LogP contribution in [0.15, 0.2) is 42.5 Å². The molecule has 1 unspecified atom stereocenters. The molecule has 2 aromatic carbocycles. The summed E-state index contributed by atoms with van der Waals surface area (Å²) in [6.07, 6.45) is 0.821. The van der Waals surface area contributed by atoms with E-state index < -0.39 is 29.2 Å². The molecule has 0 saturated carbocycles. The Kier molecular flexibility index (Phi) is 9.79. The number of ether oxygens (including phenoxy) is 1. The number of hydrogen-bond acceptors (Lipinski definition) is 6. The molecule has 0 bridgehead atoms. The van der Waals surface area contributed by atoms with Crippen LogP contribution < -0.4 is 10.1 Å². The zero-order valence-corrected chi connectivity index (χ0v) is 20.7. The quantitative estimate of drug-likeness (QED) is 0.222. The summed E-state index contributed by atoms with van der Waals surface area (Å²) >= 11 is 0. The van der Waals surface area contributed by atoms with Gasteiger partial charge >= 0.3 is 0 Å². The molecule has 0 spiro atoms. The van der Waals surface area contributed by atoms with Crippen molar-refractivity contribution in [2.45, 2.75) is 49.7 Å². The van der Waals surface area contributed by atoms with Gasteiger partial charge in [-0.15, -0.1) is 0 Å². The Balaban J connectivity index is 1.59. The van der Waals surface area contributed by atoms with Crippen molar-refractivity contribution >= 4 is 16.8 Å². The van der Waals surface area contributed by atoms with E-state index in [1.807, 2.05) is 30.3 Å². The van der Waals surface area contributed by atoms with Crippen molar-refractivity contribution in [1.29, 1.82) is 0 Å². The van der Waals surface area contributed by atoms with E-state index in [1.165, 1.54) is 0 Å². The highest BCUT2D eigenvalue weighted by molar-refractivity contribution is 8.16. The monoisotopic (exact) mass is 491 g/mol. The minimum atomic E-state index is -1.11. The number of aliphatic hydroxyl groups is 4. The summed E-state index contributed by atoms with van der Waals surface area (Å²) < 4.78 is 5.73. The van der Waals surface area contributed by atoms with Gasteiger partial charge in [-0.05, 0) is 60.4 Å². The molecule has 1 fully saturated rings. The summed E-state index contributed by atoms with van der Waals surface area (Å²) in [5, 5.41) is 42.0. The van der Waals surface area contributed by atoms with Crippen molar-refractivity contribution in [3.63, 3.8) is 0 Å². The maximum absolute atomic E-state index is 11.5. The fourth-order valence-corrected chi connectivity index (χ4v) is 6.74. The second kappa shape index (κ2) is 12.6. The Morgan fingerprint density at radius 2 is 1.85 bits per heavy atom. The number of hydrogen-bond donors (Lipinski definition) is 6. The topological polar surface area (TPSA) is 119 Å². The maximum atomic E-state index is 11.5. The Morgan fingerprint density at radius 1 is 1.12 bits per heavy atom. The molecule has 3 rings (SSSR count). The van der Waals surface area contributed by atoms with Gasteiger partial charge in [0.05, 0.1) is 25.4 Å². The molecule has 5 N–H and O–H groups in total. The third-order valence-electron chi connectivity index (χ3n) is 6.30. The Bertz CT molecular complexity index is 937. The molecule has 34 heavy (non-hydrogen) atoms. The summed E-state index contributed by atoms with van der Waals surface area (Å²) in [5.41, 5.74) is 4.47. The summed E-state index contributed by atoms with van der Waals surface area (Å²) in [5.74, 6) is 1.18. The van der Waals surface area contributed by atoms with E-state index in [0.29, 0.717) is 25.2 Å². The predicted molar refractivity (Wildman–Crippen MR) is 136 cm³/mol. The highest BCUT2D eigenvalue weighted by Crippen LogP contribution is 2.48. The summed E-state index contributed by atoms with van der Waals surface area (Å²) in [7, 11) is -0.650. The summed E-state index contributed by atoms with van der Waals surface area (Å²) in [4.78, 5) is 11.5. The standard InChI is InChI=1S/C26H37NO6S/c1-17-5-8-19(26-25(32)24(31)22(29)16-34(26)2)15-20(17)14-18-6-9-21(10-7-18)33-13-3-4-23(30)27-11-12-28/h5-10,15,22,24-26,28-29,31-32,34H,3-4,11-14,16H2,1-2H3,(H,27,30)/t22-,24-,25-,26+/m1/s1. The van der Waals surface area contributed by atoms with E-state index >= 15 is 0 Å². The van der Waals surface area contributed by atoms with Crippen molar-refractivity contribution in [1.82, 2.24) is 5.32 Å². The van der Waals surface area contributed by atoms with E-state index in [4.69, 9.17) is 9.84 Å². The minimum absolute atomic E-state index is 0.0614. The largest absolute Gasteiger partial charge is 0.494 e. The molecule has 1 aliphatic heterocycles. The van der Waals surface area contributed by atoms with Gasteiger partial charge < -0.3 is 30.5 Å². The van der Waals surface area contributed by atoms with Crippen LogP contribution in [0.25, 0.3) is 0 Å². The van der Waals surface area contributed by atoms with E-state index in [-0.39, 0.29) is 24.3 Å². The second-order valence-corrected chi connectivity index (χ2v) is 11.4. The lowest BCUT2D eigenvalue weighted by molar-refractivity contribution is -0.121. The Labute approximate surface area is 204 Å². The van der Waals surface area contributed by atoms with E-state index in [1.54, 1.807) is 0 Å². The Hall–Kier alpha value is -2.10. The number of amides is 1. The third kappa shape index (κ3) is 6.96. The normalized spacial score (nSPS) is 25.6. The van der Waals surface area contributed by atoms with Gasteiger partial charge in [0.25, 0.3) is 0 Å². The lowest BCUT2D eigenvalue weighted by atomic mass is 9.94. The van der Waals surface area contributed by atoms with Crippen molar-refractivity contribution < 1.29 is 30.0 Å². The number of aliphatic hydroxyl groups excluding tert-OH is 4. The first-order valence-corrected chi connectivity index (χ1v) is 13.8. The molecule has 0 radical (unpaired) electrons. The van der Waals surface area contributed by atoms with Gasteiger partial charge in [0.2, 0.25) is 5.91 Å². The number of nitrogens with one attached hydrogen (secondary N) is 1. The molecular weight excluding hydrogens is 454 g/mol. The van der Waals surface area contributed by atoms with Gasteiger partial charge in [0.1, 0.15) is 11.9 Å². The predicted octanol–water partition coefficient (Wildman–Crippen LogP) is 1.62. The zero-order valence-electron chi connectivity index (χ0n) is 19.9. The number of rotatable bonds is 10. The van der Waals surface area contributed by atoms with Gasteiger partial charge in [-0.25, -0.2) is 10.9 Å². The van der Waals surface area contributed by atoms with Crippen LogP contribution in [0.2, 0.25) is 0 Å². The summed E-state index contributed by atoms with van der Waals surface area (Å²) in [6.45, 7) is 2.72. The summed E-state index contributed by atoms with van der Waals surface area (Å²) in [6, 6.07) is 14.1. The molecule has 0 aromatic heterocycles. The highest BCUT2D eigenvalue weighted by Gasteiger charge is 2.40. The van der Waals surface area contributed by atoms with Gasteiger partial charge in [-0.3, -0.25) is 4.79 Å². The molecule has 1 heterocycles. The van der Waals surface area contributed by atoms with Crippen molar-refractivity contribution in [2.24, 2.45) is 0 Å². The molecule has 7 nitrogen and oxygen atoms in total. The highest BCUT2D eigenvalue weighted by atomic mass is 32.2. The Morgan fingerprint density at radius 3 is 2.56 bits per heavy atom. The van der Waals surface area contributed by atoms with Crippen LogP contribution in [0.1, 0.15) is 40.3 Å². The van der Waals surface area contributed by atoms with Crippen molar-refractivity contribution in [3.05, 3.63) is 64.7 Å². The molecule has 2 aromatic rings. The SMILES string of the molecule is Cc1ccc([C@H]2[C@H](O)[C@H](O)[C@H](O)C[SH]2C)cc1Cc1ccc(OCCCC(=O)NCCO)cc1. The first kappa shape index (κ1) is 26.5. The average Bonchev–Trinajstić information content (AvgIpc) is 2.82. The molecule has 1 amide bonds. The first-order valence-electron chi connectivity index (χ1n) is 11.7. The van der Waals surface area contributed by atoms with E-state index in [2.05, 4.69) is 30.6 Å². The molecule has 1 aliphatic rings. The van der Waals surface area contributed by atoms with Crippen LogP contribution in [0.5, 0.6) is 5.75 Å². The lowest BCUT2D eigenvalue weighted by Crippen LogP contribution is -2.47. The number of carbonyl (C=O) groups is 1. The minimum Gasteiger partial charge on any atom is -0.494 e. The van der Waals surface area contributed by atoms with Crippen LogP contribution in [0.4, 0.5) is 0 Å². The van der Waals surface area contributed by atoms with Crippen LogP contribution in [0.3, 0.4) is 0 Å². The van der Waals surface area contributed by atoms with Crippen LogP contribution in [0, 0.1) is 6.92 Å². The van der Waals surface area contributed by atoms with E-state index in [0.717, 1.165) is 34.4 Å². The average molecular weight is 492 g/mol. The molecular formula is C26H37NO6S. The van der Waals surface area contributed by atoms with Gasteiger partial charge in [0, 0.05) is 24.0 Å². The first-order chi connectivity index (χ1) is 16.3. The van der Waals surface area contributed by atoms with E-state index in [9.17, 15) is 20.1 Å². The van der Waals surface area contributed by atoms with Gasteiger partial charge in [-0.1, -0.05) is 30.3 Å². The van der Waals surface area contributed by atoms with Gasteiger partial charge in [-0.2, -0.15) is 0 Å². The fourth-order valence-electron chi connectivity index (χ4n) is 4.34. The van der Waals surface area contributed by atoms with Crippen LogP contribution in [-0.2, 0) is 11.2 Å². The molecule has 5 atom stereocenters. The molecule has 0 aliphatic carbocycles. The fraction of sp³-hybridized carbons (Fsp3) is 0.500. The number of aryl methyl sites for hydroxylation is 1. The zero-order chi connectivity index (χ0) is 24.7. The second-order valence-electron chi connectivity index (χ2n) is 8.97. The number of benzene rings is 2.